The van der Waals surface area contributed by atoms with Crippen molar-refractivity contribution in [3.05, 3.63) is 98.1 Å². The first-order valence-corrected chi connectivity index (χ1v) is 20.7. The third-order valence-electron chi connectivity index (χ3n) is 12.6. The summed E-state index contributed by atoms with van der Waals surface area (Å²) in [5, 5.41) is 4.53. The molecule has 0 bridgehead atoms. The van der Waals surface area contributed by atoms with Crippen LogP contribution in [0.2, 0.25) is 0 Å². The van der Waals surface area contributed by atoms with Gasteiger partial charge in [0, 0.05) is 98.3 Å². The summed E-state index contributed by atoms with van der Waals surface area (Å²) in [6.07, 6.45) is 7.85. The number of aromatic nitrogens is 2. The average molecular weight is 771 g/mol. The summed E-state index contributed by atoms with van der Waals surface area (Å²) in [5.41, 5.74) is 5.04. The van der Waals surface area contributed by atoms with Crippen LogP contribution >= 0.6 is 0 Å². The molecule has 2 aromatic carbocycles. The summed E-state index contributed by atoms with van der Waals surface area (Å²) in [4.78, 5) is 25.8. The number of hydrogen-bond acceptors (Lipinski definition) is 6. The Kier molecular flexibility index (Phi) is 11.1. The number of pyridine rings is 1. The highest BCUT2D eigenvalue weighted by molar-refractivity contribution is 5.85. The monoisotopic (exact) mass is 770 g/mol. The van der Waals surface area contributed by atoms with Gasteiger partial charge in [0.15, 0.2) is 0 Å². The molecule has 0 radical (unpaired) electrons. The number of H-pyrrole nitrogens is 2. The molecule has 2 aromatic heterocycles. The Balaban J connectivity index is 0.836. The fraction of sp³-hybridized carbons (Fsp3) is 0.533. The lowest BCUT2D eigenvalue weighted by atomic mass is 9.82. The van der Waals surface area contributed by atoms with E-state index in [4.69, 9.17) is 4.74 Å². The Morgan fingerprint density at radius 2 is 1.62 bits per heavy atom. The number of nitrogens with one attached hydrogen (secondary N) is 3. The topological polar surface area (TPSA) is 79.6 Å². The molecule has 8 nitrogen and oxygen atoms in total. The lowest BCUT2D eigenvalue weighted by Gasteiger charge is -2.43. The highest BCUT2D eigenvalue weighted by Gasteiger charge is 2.41. The van der Waals surface area contributed by atoms with Gasteiger partial charge in [0.2, 0.25) is 0 Å². The normalized spacial score (nSPS) is 23.7. The molecule has 4 aliphatic rings. The minimum Gasteiger partial charge on any atom is -0.493 e. The zero-order valence-corrected chi connectivity index (χ0v) is 33.3. The fourth-order valence-electron chi connectivity index (χ4n) is 9.66. The van der Waals surface area contributed by atoms with Crippen molar-refractivity contribution in [1.29, 1.82) is 0 Å². The molecule has 8 rings (SSSR count). The van der Waals surface area contributed by atoms with Crippen LogP contribution in [-0.2, 0) is 12.8 Å². The quantitative estimate of drug-likeness (QED) is 0.143. The number of nitrogens with zero attached hydrogens (tertiary/aromatic N) is 3. The molecular weight excluding hydrogens is 714 g/mol. The number of halogens is 3. The Labute approximate surface area is 328 Å². The molecule has 3 aliphatic heterocycles. The first kappa shape index (κ1) is 38.8. The Bertz CT molecular complexity index is 2100. The number of aryl methyl sites for hydroxylation is 1. The summed E-state index contributed by atoms with van der Waals surface area (Å²) in [6.45, 7) is 14.5. The molecule has 0 amide bonds. The van der Waals surface area contributed by atoms with Crippen molar-refractivity contribution < 1.29 is 17.9 Å². The molecule has 0 spiro atoms. The molecule has 300 valence electrons. The maximum absolute atomic E-state index is 16.2. The maximum Gasteiger partial charge on any atom is 0.251 e. The van der Waals surface area contributed by atoms with E-state index < -0.39 is 23.3 Å². The number of piperazine rings is 1. The Morgan fingerprint density at radius 3 is 2.34 bits per heavy atom. The molecule has 1 saturated heterocycles. The van der Waals surface area contributed by atoms with Crippen molar-refractivity contribution in [3.8, 4) is 5.75 Å². The molecule has 4 aromatic rings. The fourth-order valence-corrected chi connectivity index (χ4v) is 9.66. The molecule has 0 unspecified atom stereocenters. The number of alkyl halides is 1. The number of aromatic amines is 2. The van der Waals surface area contributed by atoms with Crippen LogP contribution in [0.15, 0.2) is 52.8 Å². The zero-order chi connectivity index (χ0) is 39.1. The number of hydrogen-bond donors (Lipinski definition) is 3. The van der Waals surface area contributed by atoms with E-state index in [0.29, 0.717) is 24.9 Å². The average Bonchev–Trinajstić information content (AvgIpc) is 3.53. The summed E-state index contributed by atoms with van der Waals surface area (Å²) in [5.74, 6) is -0.162. The number of fused-ring (bicyclic) bond motifs is 4. The van der Waals surface area contributed by atoms with Crippen molar-refractivity contribution >= 4 is 22.7 Å². The predicted molar refractivity (Wildman–Crippen MR) is 218 cm³/mol. The first-order chi connectivity index (χ1) is 26.9. The smallest absolute Gasteiger partial charge is 0.251 e. The number of para-hydroxylation sites is 1. The molecule has 5 heterocycles. The van der Waals surface area contributed by atoms with E-state index in [-0.39, 0.29) is 29.5 Å². The molecule has 1 aliphatic carbocycles. The standard InChI is InChI=1S/C45H57F3N6O2/c1-5-32-20-39-40(51-44(32)55)19-31(23-49-39)25-53-16-14-52(15-17-53)24-29-10-12-30(13-11-29)26-56-33-21-36(46)41(37(47)22-33)43-42-35(34-8-6-7-9-38(34)50-42)18-28(2)54(43)27-45(3,4)48/h6-9,19-22,28-30,43,49-50H,5,10-18,23-27H2,1-4H3,(H,51,55)/t28-,29?,30?,43-/m1/s1. The van der Waals surface area contributed by atoms with E-state index in [9.17, 15) is 4.79 Å². The number of ether oxygens (including phenoxy) is 1. The van der Waals surface area contributed by atoms with E-state index >= 15 is 13.2 Å². The zero-order valence-electron chi connectivity index (χ0n) is 33.3. The number of anilines is 1. The van der Waals surface area contributed by atoms with Gasteiger partial charge in [-0.15, -0.1) is 0 Å². The second-order valence-corrected chi connectivity index (χ2v) is 17.4. The molecular formula is C45H57F3N6O2. The second-order valence-electron chi connectivity index (χ2n) is 17.4. The van der Waals surface area contributed by atoms with E-state index in [1.807, 2.05) is 49.1 Å². The molecule has 56 heavy (non-hydrogen) atoms. The van der Waals surface area contributed by atoms with Crippen LogP contribution in [0.1, 0.15) is 87.5 Å². The summed E-state index contributed by atoms with van der Waals surface area (Å²) >= 11 is 0. The first-order valence-electron chi connectivity index (χ1n) is 20.7. The van der Waals surface area contributed by atoms with E-state index in [2.05, 4.69) is 31.2 Å². The van der Waals surface area contributed by atoms with E-state index in [0.717, 1.165) is 117 Å². The van der Waals surface area contributed by atoms with Crippen LogP contribution in [-0.4, -0.2) is 95.3 Å². The van der Waals surface area contributed by atoms with Crippen LogP contribution in [0.5, 0.6) is 5.75 Å². The van der Waals surface area contributed by atoms with Crippen molar-refractivity contribution in [1.82, 2.24) is 24.7 Å². The SMILES string of the molecule is CCc1cc2c([nH]c1=O)C=C(CN1CCN(CC3CCC(COc4cc(F)c([C@@H]5c6[nH]c7ccccc7c6C[C@@H](C)N5CC(C)(C)F)c(F)c4)CC3)CC1)CN2. The van der Waals surface area contributed by atoms with Gasteiger partial charge in [-0.2, -0.15) is 0 Å². The van der Waals surface area contributed by atoms with Gasteiger partial charge in [-0.3, -0.25) is 14.6 Å². The third kappa shape index (κ3) is 8.31. The van der Waals surface area contributed by atoms with Crippen LogP contribution in [0, 0.1) is 23.5 Å². The lowest BCUT2D eigenvalue weighted by molar-refractivity contribution is 0.0642. The van der Waals surface area contributed by atoms with Gasteiger partial charge in [-0.05, 0) is 100 Å². The van der Waals surface area contributed by atoms with Gasteiger partial charge >= 0.3 is 0 Å². The van der Waals surface area contributed by atoms with Gasteiger partial charge in [-0.1, -0.05) is 25.1 Å². The van der Waals surface area contributed by atoms with Gasteiger partial charge in [0.05, 0.1) is 24.0 Å². The molecule has 2 atom stereocenters. The van der Waals surface area contributed by atoms with Gasteiger partial charge in [0.1, 0.15) is 23.1 Å². The van der Waals surface area contributed by atoms with Crippen LogP contribution < -0.4 is 15.6 Å². The summed E-state index contributed by atoms with van der Waals surface area (Å²) in [6, 6.07) is 11.6. The molecule has 11 heteroatoms. The molecule has 3 N–H and O–H groups in total. The summed E-state index contributed by atoms with van der Waals surface area (Å²) in [7, 11) is 0. The van der Waals surface area contributed by atoms with Crippen molar-refractivity contribution in [2.75, 3.05) is 64.3 Å². The number of rotatable bonds is 11. The highest BCUT2D eigenvalue weighted by atomic mass is 19.1. The third-order valence-corrected chi connectivity index (χ3v) is 12.6. The van der Waals surface area contributed by atoms with Crippen LogP contribution in [0.3, 0.4) is 0 Å². The van der Waals surface area contributed by atoms with Crippen LogP contribution in [0.25, 0.3) is 17.0 Å². The minimum atomic E-state index is -1.55. The summed E-state index contributed by atoms with van der Waals surface area (Å²) < 4.78 is 53.6. The Hall–Kier alpha value is -4.06. The van der Waals surface area contributed by atoms with Gasteiger partial charge < -0.3 is 24.9 Å². The minimum absolute atomic E-state index is 0.000137. The van der Waals surface area contributed by atoms with Crippen molar-refractivity contribution in [3.63, 3.8) is 0 Å². The maximum atomic E-state index is 16.2. The van der Waals surface area contributed by atoms with Gasteiger partial charge in [-0.25, -0.2) is 13.2 Å². The van der Waals surface area contributed by atoms with E-state index in [1.165, 1.54) is 31.6 Å². The van der Waals surface area contributed by atoms with Crippen molar-refractivity contribution in [2.45, 2.75) is 84.0 Å². The van der Waals surface area contributed by atoms with Crippen molar-refractivity contribution in [2.24, 2.45) is 11.8 Å². The van der Waals surface area contributed by atoms with Crippen LogP contribution in [0.4, 0.5) is 18.9 Å². The Morgan fingerprint density at radius 1 is 0.929 bits per heavy atom. The second kappa shape index (κ2) is 16.1. The van der Waals surface area contributed by atoms with E-state index in [1.54, 1.807) is 0 Å². The largest absolute Gasteiger partial charge is 0.493 e. The highest BCUT2D eigenvalue weighted by Crippen LogP contribution is 2.44. The lowest BCUT2D eigenvalue weighted by Crippen LogP contribution is -2.48. The molecule has 2 fully saturated rings. The predicted octanol–water partition coefficient (Wildman–Crippen LogP) is 8.09. The van der Waals surface area contributed by atoms with Gasteiger partial charge in [0.25, 0.3) is 5.56 Å². The molecule has 1 saturated carbocycles. The number of benzene rings is 2.